The summed E-state index contributed by atoms with van der Waals surface area (Å²) in [6.07, 6.45) is -0.298. The lowest BCUT2D eigenvalue weighted by molar-refractivity contribution is -0.115. The maximum absolute atomic E-state index is 12.0. The Balaban J connectivity index is 1.40. The zero-order valence-corrected chi connectivity index (χ0v) is 15.5. The molecule has 3 rings (SSSR count). The Hall–Kier alpha value is -2.93. The number of amides is 3. The molecule has 8 heteroatoms. The van der Waals surface area contributed by atoms with Gasteiger partial charge in [-0.2, -0.15) is 0 Å². The molecule has 7 nitrogen and oxygen atoms in total. The Morgan fingerprint density at radius 3 is 2.70 bits per heavy atom. The van der Waals surface area contributed by atoms with E-state index in [0.29, 0.717) is 28.8 Å². The highest BCUT2D eigenvalue weighted by molar-refractivity contribution is 6.31. The molecule has 0 radical (unpaired) electrons. The molecule has 2 aromatic carbocycles. The van der Waals surface area contributed by atoms with Crippen molar-refractivity contribution in [1.82, 2.24) is 10.6 Å². The molecule has 0 saturated heterocycles. The van der Waals surface area contributed by atoms with E-state index in [9.17, 15) is 9.59 Å². The minimum atomic E-state index is -0.463. The SMILES string of the molecule is Cc1c(Cl)cccc1NC(=O)CNC(=O)NC[C@@H]1COc2ccccc2O1. The smallest absolute Gasteiger partial charge is 0.315 e. The second-order valence-corrected chi connectivity index (χ2v) is 6.43. The molecule has 0 aliphatic carbocycles. The molecule has 2 aromatic rings. The average molecular weight is 390 g/mol. The molecule has 0 unspecified atom stereocenters. The number of rotatable bonds is 5. The fourth-order valence-electron chi connectivity index (χ4n) is 2.53. The molecule has 3 N–H and O–H groups in total. The van der Waals surface area contributed by atoms with Crippen LogP contribution in [0.1, 0.15) is 5.56 Å². The lowest BCUT2D eigenvalue weighted by atomic mass is 10.2. The van der Waals surface area contributed by atoms with Crippen molar-refractivity contribution in [1.29, 1.82) is 0 Å². The Kier molecular flexibility index (Phi) is 6.03. The van der Waals surface area contributed by atoms with E-state index in [4.69, 9.17) is 21.1 Å². The summed E-state index contributed by atoms with van der Waals surface area (Å²) in [5.74, 6) is 0.986. The maximum atomic E-state index is 12.0. The van der Waals surface area contributed by atoms with Gasteiger partial charge >= 0.3 is 6.03 Å². The van der Waals surface area contributed by atoms with Gasteiger partial charge in [-0.15, -0.1) is 0 Å². The number of ether oxygens (including phenoxy) is 2. The maximum Gasteiger partial charge on any atom is 0.315 e. The first-order chi connectivity index (χ1) is 13.0. The lowest BCUT2D eigenvalue weighted by Gasteiger charge is -2.26. The van der Waals surface area contributed by atoms with Gasteiger partial charge in [0.25, 0.3) is 0 Å². The standard InChI is InChI=1S/C19H20ClN3O4/c1-12-14(20)5-4-6-15(12)23-18(24)10-22-19(25)21-9-13-11-26-16-7-2-3-8-17(16)27-13/h2-8,13H,9-11H2,1H3,(H,23,24)(H2,21,22,25)/t13-/m1/s1. The third-order valence-corrected chi connectivity index (χ3v) is 4.42. The Labute approximate surface area is 162 Å². The minimum Gasteiger partial charge on any atom is -0.486 e. The Morgan fingerprint density at radius 2 is 1.89 bits per heavy atom. The monoisotopic (exact) mass is 389 g/mol. The predicted molar refractivity (Wildman–Crippen MR) is 103 cm³/mol. The predicted octanol–water partition coefficient (Wildman–Crippen LogP) is 2.73. The summed E-state index contributed by atoms with van der Waals surface area (Å²) in [6.45, 7) is 2.24. The van der Waals surface area contributed by atoms with Crippen LogP contribution in [0.2, 0.25) is 5.02 Å². The van der Waals surface area contributed by atoms with Crippen LogP contribution in [-0.4, -0.2) is 37.7 Å². The van der Waals surface area contributed by atoms with Gasteiger partial charge < -0.3 is 25.4 Å². The Morgan fingerprint density at radius 1 is 1.11 bits per heavy atom. The third-order valence-electron chi connectivity index (χ3n) is 4.01. The number of halogens is 1. The van der Waals surface area contributed by atoms with Crippen LogP contribution >= 0.6 is 11.6 Å². The van der Waals surface area contributed by atoms with Gasteiger partial charge in [-0.3, -0.25) is 4.79 Å². The number of carbonyl (C=O) groups is 2. The largest absolute Gasteiger partial charge is 0.486 e. The zero-order chi connectivity index (χ0) is 19.2. The van der Waals surface area contributed by atoms with Crippen LogP contribution in [0, 0.1) is 6.92 Å². The summed E-state index contributed by atoms with van der Waals surface area (Å²) in [4.78, 5) is 23.9. The molecule has 1 aliphatic heterocycles. The molecule has 0 aromatic heterocycles. The number of urea groups is 1. The third kappa shape index (κ3) is 5.04. The number of fused-ring (bicyclic) bond motifs is 1. The highest BCUT2D eigenvalue weighted by Gasteiger charge is 2.21. The lowest BCUT2D eigenvalue weighted by Crippen LogP contribution is -2.46. The van der Waals surface area contributed by atoms with Crippen molar-refractivity contribution in [2.24, 2.45) is 0 Å². The van der Waals surface area contributed by atoms with Crippen LogP contribution in [-0.2, 0) is 4.79 Å². The van der Waals surface area contributed by atoms with Gasteiger partial charge in [-0.05, 0) is 36.8 Å². The van der Waals surface area contributed by atoms with Crippen molar-refractivity contribution in [3.63, 3.8) is 0 Å². The van der Waals surface area contributed by atoms with Crippen LogP contribution in [0.3, 0.4) is 0 Å². The van der Waals surface area contributed by atoms with Gasteiger partial charge in [0, 0.05) is 10.7 Å². The molecule has 3 amide bonds. The first-order valence-electron chi connectivity index (χ1n) is 8.48. The molecule has 27 heavy (non-hydrogen) atoms. The summed E-state index contributed by atoms with van der Waals surface area (Å²) < 4.78 is 11.3. The number of benzene rings is 2. The van der Waals surface area contributed by atoms with E-state index in [1.54, 1.807) is 18.2 Å². The minimum absolute atomic E-state index is 0.164. The van der Waals surface area contributed by atoms with Crippen molar-refractivity contribution < 1.29 is 19.1 Å². The van der Waals surface area contributed by atoms with Gasteiger partial charge in [-0.25, -0.2) is 4.79 Å². The number of hydrogen-bond donors (Lipinski definition) is 3. The molecule has 0 bridgehead atoms. The van der Waals surface area contributed by atoms with Crippen LogP contribution in [0.5, 0.6) is 11.5 Å². The molecule has 1 heterocycles. The first kappa shape index (κ1) is 18.8. The molecule has 0 spiro atoms. The molecular weight excluding hydrogens is 370 g/mol. The van der Waals surface area contributed by atoms with Crippen molar-refractivity contribution in [2.75, 3.05) is 25.0 Å². The second kappa shape index (κ2) is 8.64. The Bertz CT molecular complexity index is 843. The summed E-state index contributed by atoms with van der Waals surface area (Å²) in [5.41, 5.74) is 1.38. The van der Waals surface area contributed by atoms with E-state index < -0.39 is 6.03 Å². The number of hydrogen-bond acceptors (Lipinski definition) is 4. The van der Waals surface area contributed by atoms with Gasteiger partial charge in [-0.1, -0.05) is 29.8 Å². The molecule has 1 aliphatic rings. The second-order valence-electron chi connectivity index (χ2n) is 6.02. The van der Waals surface area contributed by atoms with E-state index >= 15 is 0 Å². The number of carbonyl (C=O) groups excluding carboxylic acids is 2. The first-order valence-corrected chi connectivity index (χ1v) is 8.86. The van der Waals surface area contributed by atoms with E-state index in [1.807, 2.05) is 31.2 Å². The molecule has 0 fully saturated rings. The summed E-state index contributed by atoms with van der Waals surface area (Å²) in [7, 11) is 0. The van der Waals surface area contributed by atoms with Crippen molar-refractivity contribution in [3.8, 4) is 11.5 Å². The van der Waals surface area contributed by atoms with Crippen molar-refractivity contribution in [2.45, 2.75) is 13.0 Å². The summed E-state index contributed by atoms with van der Waals surface area (Å²) in [6, 6.07) is 12.1. The fraction of sp³-hybridized carbons (Fsp3) is 0.263. The van der Waals surface area contributed by atoms with Crippen molar-refractivity contribution >= 4 is 29.2 Å². The van der Waals surface area contributed by atoms with Crippen LogP contribution in [0.15, 0.2) is 42.5 Å². The summed E-state index contributed by atoms with van der Waals surface area (Å²) >= 11 is 6.02. The number of nitrogens with one attached hydrogen (secondary N) is 3. The van der Waals surface area contributed by atoms with Gasteiger partial charge in [0.2, 0.25) is 5.91 Å². The van der Waals surface area contributed by atoms with E-state index in [-0.39, 0.29) is 25.1 Å². The van der Waals surface area contributed by atoms with Crippen molar-refractivity contribution in [3.05, 3.63) is 53.1 Å². The van der Waals surface area contributed by atoms with Gasteiger partial charge in [0.05, 0.1) is 13.1 Å². The quantitative estimate of drug-likeness (QED) is 0.733. The van der Waals surface area contributed by atoms with Gasteiger partial charge in [0.15, 0.2) is 17.6 Å². The van der Waals surface area contributed by atoms with E-state index in [2.05, 4.69) is 16.0 Å². The molecule has 1 atom stereocenters. The number of para-hydroxylation sites is 2. The zero-order valence-electron chi connectivity index (χ0n) is 14.8. The molecular formula is C19H20ClN3O4. The molecule has 0 saturated carbocycles. The highest BCUT2D eigenvalue weighted by atomic mass is 35.5. The van der Waals surface area contributed by atoms with Crippen LogP contribution in [0.4, 0.5) is 10.5 Å². The molecule has 142 valence electrons. The van der Waals surface area contributed by atoms with E-state index in [1.165, 1.54) is 0 Å². The highest BCUT2D eigenvalue weighted by Crippen LogP contribution is 2.30. The van der Waals surface area contributed by atoms with Crippen LogP contribution in [0.25, 0.3) is 0 Å². The van der Waals surface area contributed by atoms with Gasteiger partial charge in [0.1, 0.15) is 6.61 Å². The van der Waals surface area contributed by atoms with Crippen LogP contribution < -0.4 is 25.4 Å². The average Bonchev–Trinajstić information content (AvgIpc) is 2.68. The van der Waals surface area contributed by atoms with E-state index in [0.717, 1.165) is 5.56 Å². The fourth-order valence-corrected chi connectivity index (χ4v) is 2.71. The topological polar surface area (TPSA) is 88.7 Å². The summed E-state index contributed by atoms with van der Waals surface area (Å²) in [5, 5.41) is 8.45. The normalized spacial score (nSPS) is 15.0. The number of anilines is 1.